The molecule has 0 aliphatic heterocycles. The van der Waals surface area contributed by atoms with Gasteiger partial charge in [0.25, 0.3) is 5.69 Å². The molecule has 3 aromatic rings. The van der Waals surface area contributed by atoms with Gasteiger partial charge < -0.3 is 10.1 Å². The molecule has 0 amide bonds. The number of nitro groups is 1. The van der Waals surface area contributed by atoms with Crippen LogP contribution in [0.3, 0.4) is 0 Å². The zero-order valence-electron chi connectivity index (χ0n) is 13.0. The van der Waals surface area contributed by atoms with Crippen molar-refractivity contribution in [1.29, 1.82) is 0 Å². The van der Waals surface area contributed by atoms with E-state index in [1.54, 1.807) is 50.6 Å². The number of ether oxygens (including phenoxy) is 1. The molecule has 1 N–H and O–H groups in total. The first-order chi connectivity index (χ1) is 11.5. The van der Waals surface area contributed by atoms with Crippen molar-refractivity contribution in [2.24, 2.45) is 0 Å². The second-order valence-electron chi connectivity index (χ2n) is 5.22. The summed E-state index contributed by atoms with van der Waals surface area (Å²) in [6, 6.07) is 10.4. The largest absolute Gasteiger partial charge is 0.495 e. The van der Waals surface area contributed by atoms with Gasteiger partial charge in [0.1, 0.15) is 11.6 Å². The lowest BCUT2D eigenvalue weighted by Gasteiger charge is -2.11. The van der Waals surface area contributed by atoms with Gasteiger partial charge in [-0.2, -0.15) is 0 Å². The summed E-state index contributed by atoms with van der Waals surface area (Å²) in [6.45, 7) is 1.72. The van der Waals surface area contributed by atoms with Crippen molar-refractivity contribution >= 4 is 39.6 Å². The number of aromatic nitrogens is 1. The number of rotatable bonds is 4. The summed E-state index contributed by atoms with van der Waals surface area (Å²) in [7, 11) is 1.54. The highest BCUT2D eigenvalue weighted by atomic mass is 35.5. The van der Waals surface area contributed by atoms with Crippen molar-refractivity contribution in [3.8, 4) is 5.75 Å². The first kappa shape index (κ1) is 16.0. The molecule has 3 rings (SSSR count). The standard InChI is InChI=1S/C17H14ClN3O3/c1-10-3-5-13-12(16(10)21(22)23)7-8-19-17(13)20-11-4-6-15(24-2)14(18)9-11/h3-9H,1-2H3,(H,19,20). The molecule has 0 atom stereocenters. The molecule has 0 saturated heterocycles. The number of nitrogens with one attached hydrogen (secondary N) is 1. The Bertz CT molecular complexity index is 944. The molecule has 0 saturated carbocycles. The molecular weight excluding hydrogens is 330 g/mol. The number of anilines is 2. The third-order valence-electron chi connectivity index (χ3n) is 3.72. The molecule has 0 aliphatic rings. The number of aryl methyl sites for hydroxylation is 1. The average Bonchev–Trinajstić information content (AvgIpc) is 2.54. The maximum absolute atomic E-state index is 11.4. The lowest BCUT2D eigenvalue weighted by atomic mass is 10.1. The van der Waals surface area contributed by atoms with Crippen molar-refractivity contribution in [3.05, 3.63) is 63.3 Å². The van der Waals surface area contributed by atoms with E-state index in [1.165, 1.54) is 0 Å². The minimum atomic E-state index is -0.369. The van der Waals surface area contributed by atoms with Gasteiger partial charge in [0.15, 0.2) is 0 Å². The van der Waals surface area contributed by atoms with Gasteiger partial charge in [-0.05, 0) is 37.3 Å². The van der Waals surface area contributed by atoms with Crippen LogP contribution in [0, 0.1) is 17.0 Å². The maximum Gasteiger partial charge on any atom is 0.280 e. The summed E-state index contributed by atoms with van der Waals surface area (Å²) in [6.07, 6.45) is 1.54. The van der Waals surface area contributed by atoms with Gasteiger partial charge >= 0.3 is 0 Å². The lowest BCUT2D eigenvalue weighted by molar-refractivity contribution is -0.383. The highest BCUT2D eigenvalue weighted by molar-refractivity contribution is 6.32. The smallest absolute Gasteiger partial charge is 0.280 e. The van der Waals surface area contributed by atoms with Crippen LogP contribution >= 0.6 is 11.6 Å². The highest BCUT2D eigenvalue weighted by Gasteiger charge is 2.17. The van der Waals surface area contributed by atoms with E-state index in [-0.39, 0.29) is 10.6 Å². The Hall–Kier alpha value is -2.86. The minimum absolute atomic E-state index is 0.0886. The van der Waals surface area contributed by atoms with Crippen LogP contribution in [0.2, 0.25) is 5.02 Å². The Morgan fingerprint density at radius 1 is 1.21 bits per heavy atom. The number of nitrogens with zero attached hydrogens (tertiary/aromatic N) is 2. The van der Waals surface area contributed by atoms with Crippen LogP contribution < -0.4 is 10.1 Å². The molecule has 0 bridgehead atoms. The fourth-order valence-electron chi connectivity index (χ4n) is 2.57. The van der Waals surface area contributed by atoms with Crippen LogP contribution in [0.25, 0.3) is 10.8 Å². The van der Waals surface area contributed by atoms with E-state index in [1.807, 2.05) is 6.07 Å². The normalized spacial score (nSPS) is 10.6. The molecule has 0 unspecified atom stereocenters. The Labute approximate surface area is 143 Å². The molecular formula is C17H14ClN3O3. The van der Waals surface area contributed by atoms with Crippen LogP contribution in [0.1, 0.15) is 5.56 Å². The van der Waals surface area contributed by atoms with Crippen LogP contribution in [-0.4, -0.2) is 17.0 Å². The molecule has 0 radical (unpaired) electrons. The first-order valence-corrected chi connectivity index (χ1v) is 7.52. The van der Waals surface area contributed by atoms with Gasteiger partial charge in [0.05, 0.1) is 22.4 Å². The fraction of sp³-hybridized carbons (Fsp3) is 0.118. The summed E-state index contributed by atoms with van der Waals surface area (Å²) < 4.78 is 5.13. The monoisotopic (exact) mass is 343 g/mol. The van der Waals surface area contributed by atoms with Crippen molar-refractivity contribution in [2.45, 2.75) is 6.92 Å². The summed E-state index contributed by atoms with van der Waals surface area (Å²) in [5.74, 6) is 1.09. The van der Waals surface area contributed by atoms with Gasteiger partial charge in [-0.1, -0.05) is 17.7 Å². The van der Waals surface area contributed by atoms with Crippen molar-refractivity contribution < 1.29 is 9.66 Å². The number of halogens is 1. The molecule has 7 heteroatoms. The third-order valence-corrected chi connectivity index (χ3v) is 4.01. The number of fused-ring (bicyclic) bond motifs is 1. The van der Waals surface area contributed by atoms with Crippen molar-refractivity contribution in [3.63, 3.8) is 0 Å². The summed E-state index contributed by atoms with van der Waals surface area (Å²) in [5.41, 5.74) is 1.41. The van der Waals surface area contributed by atoms with E-state index < -0.39 is 0 Å². The topological polar surface area (TPSA) is 77.3 Å². The second-order valence-corrected chi connectivity index (χ2v) is 5.62. The van der Waals surface area contributed by atoms with Gasteiger partial charge in [0, 0.05) is 22.8 Å². The summed E-state index contributed by atoms with van der Waals surface area (Å²) in [4.78, 5) is 15.3. The number of benzene rings is 2. The number of methoxy groups -OCH3 is 1. The first-order valence-electron chi connectivity index (χ1n) is 7.14. The van der Waals surface area contributed by atoms with Gasteiger partial charge in [-0.3, -0.25) is 10.1 Å². The van der Waals surface area contributed by atoms with Crippen LogP contribution in [0.15, 0.2) is 42.6 Å². The molecule has 1 heterocycles. The summed E-state index contributed by atoms with van der Waals surface area (Å²) >= 11 is 6.13. The SMILES string of the molecule is COc1ccc(Nc2nccc3c([N+](=O)[O-])c(C)ccc23)cc1Cl. The van der Waals surface area contributed by atoms with E-state index >= 15 is 0 Å². The molecule has 24 heavy (non-hydrogen) atoms. The fourth-order valence-corrected chi connectivity index (χ4v) is 2.83. The molecule has 6 nitrogen and oxygen atoms in total. The van der Waals surface area contributed by atoms with E-state index in [4.69, 9.17) is 16.3 Å². The predicted molar refractivity (Wildman–Crippen MR) is 94.4 cm³/mol. The van der Waals surface area contributed by atoms with Gasteiger partial charge in [0.2, 0.25) is 0 Å². The molecule has 0 fully saturated rings. The quantitative estimate of drug-likeness (QED) is 0.541. The van der Waals surface area contributed by atoms with Crippen LogP contribution in [-0.2, 0) is 0 Å². The van der Waals surface area contributed by atoms with Crippen LogP contribution in [0.5, 0.6) is 5.75 Å². The summed E-state index contributed by atoms with van der Waals surface area (Å²) in [5, 5.41) is 16.2. The van der Waals surface area contributed by atoms with E-state index in [9.17, 15) is 10.1 Å². The Morgan fingerprint density at radius 2 is 2.00 bits per heavy atom. The molecule has 2 aromatic carbocycles. The van der Waals surface area contributed by atoms with E-state index in [0.29, 0.717) is 38.6 Å². The Morgan fingerprint density at radius 3 is 2.67 bits per heavy atom. The van der Waals surface area contributed by atoms with Gasteiger partial charge in [-0.15, -0.1) is 0 Å². The molecule has 0 aliphatic carbocycles. The Kier molecular flexibility index (Phi) is 4.22. The zero-order valence-corrected chi connectivity index (χ0v) is 13.8. The number of nitro benzene ring substituents is 1. The van der Waals surface area contributed by atoms with Crippen molar-refractivity contribution in [1.82, 2.24) is 4.98 Å². The Balaban J connectivity index is 2.09. The third kappa shape index (κ3) is 2.83. The highest BCUT2D eigenvalue weighted by Crippen LogP contribution is 2.34. The molecule has 122 valence electrons. The number of pyridine rings is 1. The van der Waals surface area contributed by atoms with Gasteiger partial charge in [-0.25, -0.2) is 4.98 Å². The molecule has 1 aromatic heterocycles. The number of hydrogen-bond acceptors (Lipinski definition) is 5. The van der Waals surface area contributed by atoms with E-state index in [2.05, 4.69) is 10.3 Å². The van der Waals surface area contributed by atoms with Crippen molar-refractivity contribution in [2.75, 3.05) is 12.4 Å². The molecule has 0 spiro atoms. The van der Waals surface area contributed by atoms with Crippen LogP contribution in [0.4, 0.5) is 17.2 Å². The maximum atomic E-state index is 11.4. The minimum Gasteiger partial charge on any atom is -0.495 e. The lowest BCUT2D eigenvalue weighted by Crippen LogP contribution is -1.98. The zero-order chi connectivity index (χ0) is 17.3. The average molecular weight is 344 g/mol. The number of hydrogen-bond donors (Lipinski definition) is 1. The predicted octanol–water partition coefficient (Wildman–Crippen LogP) is 4.86. The second kappa shape index (κ2) is 6.33. The van der Waals surface area contributed by atoms with E-state index in [0.717, 1.165) is 0 Å².